The number of nitrogens with one attached hydrogen (secondary N) is 3. The predicted molar refractivity (Wildman–Crippen MR) is 75.6 cm³/mol. The van der Waals surface area contributed by atoms with Gasteiger partial charge < -0.3 is 20.7 Å². The number of aromatic amines is 1. The molecule has 2 rings (SSSR count). The number of rotatable bonds is 6. The van der Waals surface area contributed by atoms with E-state index < -0.39 is 12.0 Å². The molecule has 1 aromatic rings. The van der Waals surface area contributed by atoms with Crippen molar-refractivity contribution in [3.05, 3.63) is 18.2 Å². The normalized spacial score (nSPS) is 20.3. The lowest BCUT2D eigenvalue weighted by atomic mass is 10.1. The molecular weight excluding hydrogens is 280 g/mol. The summed E-state index contributed by atoms with van der Waals surface area (Å²) in [5, 5.41) is 15.0. The number of hydrogen-bond donors (Lipinski definition) is 4. The van der Waals surface area contributed by atoms with E-state index in [9.17, 15) is 9.59 Å². The minimum atomic E-state index is -1.04. The number of amides is 1. The van der Waals surface area contributed by atoms with Crippen molar-refractivity contribution in [1.29, 1.82) is 0 Å². The van der Waals surface area contributed by atoms with E-state index >= 15 is 0 Å². The minimum absolute atomic E-state index is 0.121. The number of H-pyrrole nitrogens is 1. The van der Waals surface area contributed by atoms with Gasteiger partial charge in [-0.25, -0.2) is 9.78 Å². The molecule has 0 aromatic carbocycles. The Labute approximate surface area is 120 Å². The average molecular weight is 298 g/mol. The molecule has 1 aliphatic rings. The van der Waals surface area contributed by atoms with Crippen molar-refractivity contribution in [2.45, 2.75) is 24.9 Å². The molecule has 0 spiro atoms. The first-order valence-electron chi connectivity index (χ1n) is 6.45. The number of carboxylic acids is 1. The summed E-state index contributed by atoms with van der Waals surface area (Å²) in [5.74, 6) is 0.650. The second-order valence-electron chi connectivity index (χ2n) is 4.67. The Morgan fingerprint density at radius 2 is 2.45 bits per heavy atom. The summed E-state index contributed by atoms with van der Waals surface area (Å²) in [4.78, 5) is 29.8. The highest BCUT2D eigenvalue weighted by molar-refractivity contribution is 7.99. The Hall–Kier alpha value is -1.54. The third kappa shape index (κ3) is 4.53. The van der Waals surface area contributed by atoms with Crippen LogP contribution in [0.5, 0.6) is 0 Å². The van der Waals surface area contributed by atoms with Gasteiger partial charge in [0.15, 0.2) is 0 Å². The van der Waals surface area contributed by atoms with Crippen molar-refractivity contribution in [2.75, 3.05) is 18.1 Å². The van der Waals surface area contributed by atoms with Crippen LogP contribution in [0.25, 0.3) is 0 Å². The van der Waals surface area contributed by atoms with E-state index in [2.05, 4.69) is 20.6 Å². The molecule has 1 fully saturated rings. The molecule has 20 heavy (non-hydrogen) atoms. The zero-order valence-electron chi connectivity index (χ0n) is 11.0. The number of aromatic nitrogens is 2. The number of hydrogen-bond acceptors (Lipinski definition) is 5. The maximum Gasteiger partial charge on any atom is 0.326 e. The van der Waals surface area contributed by atoms with E-state index in [1.807, 2.05) is 0 Å². The van der Waals surface area contributed by atoms with Gasteiger partial charge in [0, 0.05) is 48.8 Å². The number of carbonyl (C=O) groups is 2. The third-order valence-corrected chi connectivity index (χ3v) is 4.17. The fraction of sp³-hybridized carbons (Fsp3) is 0.583. The molecule has 7 nitrogen and oxygen atoms in total. The van der Waals surface area contributed by atoms with E-state index in [4.69, 9.17) is 5.11 Å². The Kier molecular flexibility index (Phi) is 5.42. The van der Waals surface area contributed by atoms with Gasteiger partial charge in [-0.3, -0.25) is 4.79 Å². The summed E-state index contributed by atoms with van der Waals surface area (Å²) < 4.78 is 0. The SMILES string of the molecule is O=C(CC1CSCCN1)N[C@H](Cc1cnc[nH]1)C(=O)O. The van der Waals surface area contributed by atoms with Gasteiger partial charge in [0.05, 0.1) is 6.33 Å². The second-order valence-corrected chi connectivity index (χ2v) is 5.82. The zero-order chi connectivity index (χ0) is 14.4. The van der Waals surface area contributed by atoms with E-state index in [0.29, 0.717) is 12.1 Å². The first-order chi connectivity index (χ1) is 9.65. The van der Waals surface area contributed by atoms with Gasteiger partial charge in [0.25, 0.3) is 0 Å². The number of aliphatic carboxylic acids is 1. The number of thioether (sulfide) groups is 1. The molecule has 1 saturated heterocycles. The summed E-state index contributed by atoms with van der Waals surface area (Å²) >= 11 is 1.80. The monoisotopic (exact) mass is 298 g/mol. The molecule has 1 aliphatic heterocycles. The Bertz CT molecular complexity index is 446. The Balaban J connectivity index is 1.83. The molecular formula is C12H18N4O3S. The smallest absolute Gasteiger partial charge is 0.326 e. The lowest BCUT2D eigenvalue weighted by molar-refractivity contribution is -0.141. The number of carboxylic acid groups (broad SMARTS) is 1. The van der Waals surface area contributed by atoms with Gasteiger partial charge in [0.2, 0.25) is 5.91 Å². The summed E-state index contributed by atoms with van der Waals surface area (Å²) in [6.45, 7) is 0.888. The molecule has 4 N–H and O–H groups in total. The van der Waals surface area contributed by atoms with Gasteiger partial charge in [0.1, 0.15) is 6.04 Å². The molecule has 0 aliphatic carbocycles. The van der Waals surface area contributed by atoms with Crippen molar-refractivity contribution < 1.29 is 14.7 Å². The van der Waals surface area contributed by atoms with Gasteiger partial charge in [-0.05, 0) is 0 Å². The third-order valence-electron chi connectivity index (χ3n) is 3.04. The number of imidazole rings is 1. The molecule has 2 heterocycles. The fourth-order valence-corrected chi connectivity index (χ4v) is 2.99. The van der Waals surface area contributed by atoms with Crippen LogP contribution in [-0.2, 0) is 16.0 Å². The minimum Gasteiger partial charge on any atom is -0.480 e. The molecule has 1 amide bonds. The quantitative estimate of drug-likeness (QED) is 0.570. The summed E-state index contributed by atoms with van der Waals surface area (Å²) in [5.41, 5.74) is 0.684. The van der Waals surface area contributed by atoms with Crippen LogP contribution in [0, 0.1) is 0 Å². The standard InChI is InChI=1S/C12H18N4O3S/c17-11(4-9-6-20-2-1-14-9)16-10(12(18)19)3-8-5-13-7-15-8/h5,7,9-10,14H,1-4,6H2,(H,13,15)(H,16,17)(H,18,19)/t9?,10-/m1/s1. The van der Waals surface area contributed by atoms with Crippen LogP contribution >= 0.6 is 11.8 Å². The molecule has 1 aromatic heterocycles. The zero-order valence-corrected chi connectivity index (χ0v) is 11.8. The van der Waals surface area contributed by atoms with Gasteiger partial charge in [-0.15, -0.1) is 0 Å². The van der Waals surface area contributed by atoms with Gasteiger partial charge in [-0.2, -0.15) is 11.8 Å². The van der Waals surface area contributed by atoms with Crippen LogP contribution in [0.3, 0.4) is 0 Å². The molecule has 8 heteroatoms. The van der Waals surface area contributed by atoms with Crippen molar-refractivity contribution in [3.8, 4) is 0 Å². The van der Waals surface area contributed by atoms with E-state index in [1.165, 1.54) is 6.33 Å². The first kappa shape index (κ1) is 14.9. The maximum absolute atomic E-state index is 11.9. The Morgan fingerprint density at radius 1 is 1.60 bits per heavy atom. The molecule has 1 unspecified atom stereocenters. The highest BCUT2D eigenvalue weighted by Gasteiger charge is 2.23. The van der Waals surface area contributed by atoms with E-state index in [1.54, 1.807) is 18.0 Å². The van der Waals surface area contributed by atoms with Crippen molar-refractivity contribution in [1.82, 2.24) is 20.6 Å². The van der Waals surface area contributed by atoms with E-state index in [-0.39, 0.29) is 18.4 Å². The molecule has 0 radical (unpaired) electrons. The van der Waals surface area contributed by atoms with Crippen LogP contribution in [0.1, 0.15) is 12.1 Å². The Morgan fingerprint density at radius 3 is 3.05 bits per heavy atom. The molecule has 0 saturated carbocycles. The summed E-state index contributed by atoms with van der Waals surface area (Å²) in [6.07, 6.45) is 3.55. The number of carbonyl (C=O) groups excluding carboxylic acids is 1. The summed E-state index contributed by atoms with van der Waals surface area (Å²) in [7, 11) is 0. The highest BCUT2D eigenvalue weighted by Crippen LogP contribution is 2.10. The first-order valence-corrected chi connectivity index (χ1v) is 7.61. The average Bonchev–Trinajstić information content (AvgIpc) is 2.92. The fourth-order valence-electron chi connectivity index (χ4n) is 2.04. The topological polar surface area (TPSA) is 107 Å². The molecule has 2 atom stereocenters. The largest absolute Gasteiger partial charge is 0.480 e. The van der Waals surface area contributed by atoms with Crippen molar-refractivity contribution >= 4 is 23.6 Å². The predicted octanol–water partition coefficient (Wildman–Crippen LogP) is -0.383. The van der Waals surface area contributed by atoms with Crippen LogP contribution in [-0.4, -0.2) is 57.1 Å². The van der Waals surface area contributed by atoms with E-state index in [0.717, 1.165) is 18.1 Å². The van der Waals surface area contributed by atoms with Crippen LogP contribution < -0.4 is 10.6 Å². The molecule has 110 valence electrons. The van der Waals surface area contributed by atoms with Crippen molar-refractivity contribution in [2.24, 2.45) is 0 Å². The van der Waals surface area contributed by atoms with Gasteiger partial charge in [-0.1, -0.05) is 0 Å². The number of nitrogens with zero attached hydrogens (tertiary/aromatic N) is 1. The van der Waals surface area contributed by atoms with Crippen molar-refractivity contribution in [3.63, 3.8) is 0 Å². The second kappa shape index (κ2) is 7.30. The maximum atomic E-state index is 11.9. The molecule has 0 bridgehead atoms. The lowest BCUT2D eigenvalue weighted by Crippen LogP contribution is -2.46. The lowest BCUT2D eigenvalue weighted by Gasteiger charge is -2.23. The summed E-state index contributed by atoms with van der Waals surface area (Å²) in [6, 6.07) is -0.811. The highest BCUT2D eigenvalue weighted by atomic mass is 32.2. The van der Waals surface area contributed by atoms with Gasteiger partial charge >= 0.3 is 5.97 Å². The van der Waals surface area contributed by atoms with Crippen LogP contribution in [0.2, 0.25) is 0 Å². The van der Waals surface area contributed by atoms with Crippen LogP contribution in [0.15, 0.2) is 12.5 Å². The van der Waals surface area contributed by atoms with Crippen LogP contribution in [0.4, 0.5) is 0 Å².